The first-order valence-electron chi connectivity index (χ1n) is 5.72. The standard InChI is InChI=1S/C13H15N3O2/c14-12(4-5-13(17)18)10-2-1-3-11(8-10)16-7-6-15-9-16/h1-3,6-9,12H,4-5,14H2,(H,17,18). The van der Waals surface area contributed by atoms with E-state index in [4.69, 9.17) is 10.8 Å². The minimum atomic E-state index is -0.823. The topological polar surface area (TPSA) is 81.1 Å². The van der Waals surface area contributed by atoms with Crippen molar-refractivity contribution >= 4 is 5.97 Å². The molecule has 1 unspecified atom stereocenters. The van der Waals surface area contributed by atoms with Gasteiger partial charge in [-0.2, -0.15) is 0 Å². The van der Waals surface area contributed by atoms with Crippen molar-refractivity contribution in [3.05, 3.63) is 48.5 Å². The van der Waals surface area contributed by atoms with Crippen LogP contribution in [0.15, 0.2) is 43.0 Å². The van der Waals surface area contributed by atoms with Crippen LogP contribution in [0, 0.1) is 0 Å². The highest BCUT2D eigenvalue weighted by atomic mass is 16.4. The second kappa shape index (κ2) is 5.46. The van der Waals surface area contributed by atoms with Crippen LogP contribution in [0.4, 0.5) is 0 Å². The molecule has 0 fully saturated rings. The fourth-order valence-corrected chi connectivity index (χ4v) is 1.77. The maximum absolute atomic E-state index is 10.5. The summed E-state index contributed by atoms with van der Waals surface area (Å²) in [5.41, 5.74) is 7.88. The summed E-state index contributed by atoms with van der Waals surface area (Å²) in [6.45, 7) is 0. The van der Waals surface area contributed by atoms with Crippen LogP contribution in [0.1, 0.15) is 24.4 Å². The number of nitrogens with zero attached hydrogens (tertiary/aromatic N) is 2. The van der Waals surface area contributed by atoms with E-state index in [1.165, 1.54) is 0 Å². The number of benzene rings is 1. The van der Waals surface area contributed by atoms with Crippen molar-refractivity contribution in [1.29, 1.82) is 0 Å². The Labute approximate surface area is 105 Å². The largest absolute Gasteiger partial charge is 0.481 e. The molecule has 0 aliphatic carbocycles. The molecular formula is C13H15N3O2. The molecule has 0 aliphatic heterocycles. The van der Waals surface area contributed by atoms with Gasteiger partial charge in [0.2, 0.25) is 0 Å². The monoisotopic (exact) mass is 245 g/mol. The molecule has 1 heterocycles. The van der Waals surface area contributed by atoms with Gasteiger partial charge in [-0.3, -0.25) is 4.79 Å². The first-order chi connectivity index (χ1) is 8.66. The number of carboxylic acid groups (broad SMARTS) is 1. The number of hydrogen-bond donors (Lipinski definition) is 2. The van der Waals surface area contributed by atoms with Crippen LogP contribution < -0.4 is 5.73 Å². The quantitative estimate of drug-likeness (QED) is 0.840. The number of nitrogens with two attached hydrogens (primary N) is 1. The van der Waals surface area contributed by atoms with Gasteiger partial charge in [-0.25, -0.2) is 4.98 Å². The average molecular weight is 245 g/mol. The van der Waals surface area contributed by atoms with E-state index in [-0.39, 0.29) is 12.5 Å². The molecule has 2 rings (SSSR count). The number of rotatable bonds is 5. The Bertz CT molecular complexity index is 523. The zero-order valence-corrected chi connectivity index (χ0v) is 9.86. The lowest BCUT2D eigenvalue weighted by Gasteiger charge is -2.12. The SMILES string of the molecule is NC(CCC(=O)O)c1cccc(-n2ccnc2)c1. The Balaban J connectivity index is 2.14. The third kappa shape index (κ3) is 2.95. The van der Waals surface area contributed by atoms with Crippen LogP contribution in [0.3, 0.4) is 0 Å². The molecule has 3 N–H and O–H groups in total. The normalized spacial score (nSPS) is 12.3. The number of aliphatic carboxylic acids is 1. The molecule has 0 amide bonds. The van der Waals surface area contributed by atoms with Crippen molar-refractivity contribution in [2.45, 2.75) is 18.9 Å². The van der Waals surface area contributed by atoms with E-state index in [0.717, 1.165) is 11.3 Å². The molecule has 18 heavy (non-hydrogen) atoms. The number of carbonyl (C=O) groups is 1. The van der Waals surface area contributed by atoms with Gasteiger partial charge in [-0.1, -0.05) is 12.1 Å². The number of imidazole rings is 1. The summed E-state index contributed by atoms with van der Waals surface area (Å²) < 4.78 is 1.88. The predicted octanol–water partition coefficient (Wildman–Crippen LogP) is 1.74. The minimum absolute atomic E-state index is 0.0798. The van der Waals surface area contributed by atoms with Crippen LogP contribution in [0.5, 0.6) is 0 Å². The molecule has 0 spiro atoms. The summed E-state index contributed by atoms with van der Waals surface area (Å²) in [7, 11) is 0. The second-order valence-corrected chi connectivity index (χ2v) is 4.10. The van der Waals surface area contributed by atoms with Gasteiger partial charge in [0.25, 0.3) is 0 Å². The highest BCUT2D eigenvalue weighted by Crippen LogP contribution is 2.19. The van der Waals surface area contributed by atoms with Crippen LogP contribution >= 0.6 is 0 Å². The summed E-state index contributed by atoms with van der Waals surface area (Å²) in [4.78, 5) is 14.5. The number of aromatic nitrogens is 2. The molecule has 1 aromatic carbocycles. The van der Waals surface area contributed by atoms with Crippen LogP contribution in [-0.2, 0) is 4.79 Å². The van der Waals surface area contributed by atoms with Crippen molar-refractivity contribution in [2.75, 3.05) is 0 Å². The smallest absolute Gasteiger partial charge is 0.303 e. The number of hydrogen-bond acceptors (Lipinski definition) is 3. The summed E-state index contributed by atoms with van der Waals surface area (Å²) in [6.07, 6.45) is 5.78. The number of carboxylic acids is 1. The summed E-state index contributed by atoms with van der Waals surface area (Å²) in [5, 5.41) is 8.65. The van der Waals surface area contributed by atoms with Crippen LogP contribution in [0.25, 0.3) is 5.69 Å². The fraction of sp³-hybridized carbons (Fsp3) is 0.231. The fourth-order valence-electron chi connectivity index (χ4n) is 1.77. The van der Waals surface area contributed by atoms with E-state index in [9.17, 15) is 4.79 Å². The molecule has 0 saturated carbocycles. The molecule has 5 nitrogen and oxygen atoms in total. The van der Waals surface area contributed by atoms with E-state index in [0.29, 0.717) is 6.42 Å². The summed E-state index contributed by atoms with van der Waals surface area (Å²) in [6, 6.07) is 7.46. The van der Waals surface area contributed by atoms with Gasteiger partial charge >= 0.3 is 5.97 Å². The molecule has 5 heteroatoms. The zero-order valence-electron chi connectivity index (χ0n) is 9.86. The maximum atomic E-state index is 10.5. The van der Waals surface area contributed by atoms with Gasteiger partial charge in [-0.05, 0) is 24.1 Å². The third-order valence-electron chi connectivity index (χ3n) is 2.77. The van der Waals surface area contributed by atoms with Gasteiger partial charge in [0.05, 0.1) is 6.33 Å². The molecule has 0 radical (unpaired) electrons. The van der Waals surface area contributed by atoms with Crippen molar-refractivity contribution in [3.8, 4) is 5.69 Å². The van der Waals surface area contributed by atoms with Gasteiger partial charge in [0, 0.05) is 30.5 Å². The lowest BCUT2D eigenvalue weighted by atomic mass is 10.0. The molecule has 94 valence electrons. The van der Waals surface area contributed by atoms with E-state index >= 15 is 0 Å². The Morgan fingerprint density at radius 2 is 2.33 bits per heavy atom. The molecule has 0 aliphatic rings. The van der Waals surface area contributed by atoms with E-state index in [2.05, 4.69) is 4.98 Å². The van der Waals surface area contributed by atoms with Gasteiger partial charge < -0.3 is 15.4 Å². The molecule has 0 saturated heterocycles. The second-order valence-electron chi connectivity index (χ2n) is 4.10. The van der Waals surface area contributed by atoms with Gasteiger partial charge in [-0.15, -0.1) is 0 Å². The molecule has 1 aromatic heterocycles. The van der Waals surface area contributed by atoms with Gasteiger partial charge in [0.1, 0.15) is 0 Å². The summed E-state index contributed by atoms with van der Waals surface area (Å²) >= 11 is 0. The van der Waals surface area contributed by atoms with Crippen molar-refractivity contribution in [2.24, 2.45) is 5.73 Å². The highest BCUT2D eigenvalue weighted by molar-refractivity contribution is 5.66. The lowest BCUT2D eigenvalue weighted by Crippen LogP contribution is -2.12. The molecular weight excluding hydrogens is 230 g/mol. The molecule has 0 bridgehead atoms. The first-order valence-corrected chi connectivity index (χ1v) is 5.72. The third-order valence-corrected chi connectivity index (χ3v) is 2.77. The Morgan fingerprint density at radius 1 is 1.50 bits per heavy atom. The molecule has 1 atom stereocenters. The van der Waals surface area contributed by atoms with E-state index in [1.807, 2.05) is 35.0 Å². The zero-order chi connectivity index (χ0) is 13.0. The van der Waals surface area contributed by atoms with E-state index < -0.39 is 5.97 Å². The Hall–Kier alpha value is -2.14. The van der Waals surface area contributed by atoms with E-state index in [1.54, 1.807) is 12.5 Å². The predicted molar refractivity (Wildman–Crippen MR) is 67.4 cm³/mol. The minimum Gasteiger partial charge on any atom is -0.481 e. The highest BCUT2D eigenvalue weighted by Gasteiger charge is 2.09. The van der Waals surface area contributed by atoms with Crippen LogP contribution in [-0.4, -0.2) is 20.6 Å². The van der Waals surface area contributed by atoms with Crippen molar-refractivity contribution in [3.63, 3.8) is 0 Å². The van der Waals surface area contributed by atoms with Gasteiger partial charge in [0.15, 0.2) is 0 Å². The van der Waals surface area contributed by atoms with Crippen LogP contribution in [0.2, 0.25) is 0 Å². The van der Waals surface area contributed by atoms with Crippen molar-refractivity contribution in [1.82, 2.24) is 9.55 Å². The van der Waals surface area contributed by atoms with Crippen molar-refractivity contribution < 1.29 is 9.90 Å². The Morgan fingerprint density at radius 3 is 3.00 bits per heavy atom. The first kappa shape index (κ1) is 12.3. The summed E-state index contributed by atoms with van der Waals surface area (Å²) in [5.74, 6) is -0.823. The lowest BCUT2D eigenvalue weighted by molar-refractivity contribution is -0.137. The Kier molecular flexibility index (Phi) is 3.74. The average Bonchev–Trinajstić information content (AvgIpc) is 2.90. The maximum Gasteiger partial charge on any atom is 0.303 e. The molecule has 2 aromatic rings.